The summed E-state index contributed by atoms with van der Waals surface area (Å²) < 4.78 is 4.51. The van der Waals surface area contributed by atoms with Gasteiger partial charge in [0.2, 0.25) is 5.96 Å². The molecule has 0 saturated carbocycles. The molecule has 0 fully saturated rings. The van der Waals surface area contributed by atoms with Crippen LogP contribution in [0, 0.1) is 6.92 Å². The Hall–Kier alpha value is -8.93. The van der Waals surface area contributed by atoms with Gasteiger partial charge in [0.1, 0.15) is 0 Å². The Kier molecular flexibility index (Phi) is 14.8. The molecular formula is C68H63N5. The second-order valence-corrected chi connectivity index (χ2v) is 17.8. The second-order valence-electron chi connectivity index (χ2n) is 17.8. The molecule has 9 aromatic rings. The van der Waals surface area contributed by atoms with Crippen molar-refractivity contribution < 1.29 is 0 Å². The zero-order valence-electron chi connectivity index (χ0n) is 42.7. The summed E-state index contributed by atoms with van der Waals surface area (Å²) in [7, 11) is 0. The molecule has 0 amide bonds. The van der Waals surface area contributed by atoms with Crippen LogP contribution >= 0.6 is 0 Å². The summed E-state index contributed by atoms with van der Waals surface area (Å²) in [5.74, 6) is 0.345. The number of para-hydroxylation sites is 3. The number of allylic oxidation sites excluding steroid dienone is 8. The molecule has 7 aromatic carbocycles. The fraction of sp³-hybridized carbons (Fsp3) is 0.103. The van der Waals surface area contributed by atoms with Gasteiger partial charge in [0.15, 0.2) is 0 Å². The Morgan fingerprint density at radius 1 is 0.740 bits per heavy atom. The maximum absolute atomic E-state index is 7.50. The van der Waals surface area contributed by atoms with Crippen LogP contribution in [0.3, 0.4) is 0 Å². The highest BCUT2D eigenvalue weighted by atomic mass is 15.2. The highest BCUT2D eigenvalue weighted by Crippen LogP contribution is 2.42. The lowest BCUT2D eigenvalue weighted by Crippen LogP contribution is -2.23. The normalized spacial score (nSPS) is 12.9. The van der Waals surface area contributed by atoms with Gasteiger partial charge in [-0.3, -0.25) is 4.57 Å². The van der Waals surface area contributed by atoms with E-state index in [0.717, 1.165) is 113 Å². The Morgan fingerprint density at radius 3 is 2.18 bits per heavy atom. The number of nitrogens with zero attached hydrogens (tertiary/aromatic N) is 3. The van der Waals surface area contributed by atoms with Gasteiger partial charge in [-0.25, -0.2) is 4.99 Å². The monoisotopic (exact) mass is 950 g/mol. The molecule has 5 nitrogen and oxygen atoms in total. The molecule has 0 saturated heterocycles. The van der Waals surface area contributed by atoms with E-state index >= 15 is 0 Å². The first kappa shape index (κ1) is 49.1. The van der Waals surface area contributed by atoms with E-state index in [-0.39, 0.29) is 0 Å². The van der Waals surface area contributed by atoms with E-state index < -0.39 is 0 Å². The predicted molar refractivity (Wildman–Crippen MR) is 320 cm³/mol. The minimum Gasteiger partial charge on any atom is -0.369 e. The molecule has 0 radical (unpaired) electrons. The number of anilines is 2. The Labute approximate surface area is 431 Å². The number of hydrogen-bond acceptors (Lipinski definition) is 2. The predicted octanol–water partition coefficient (Wildman–Crippen LogP) is 18.2. The lowest BCUT2D eigenvalue weighted by atomic mass is 9.93. The molecule has 10 rings (SSSR count). The molecule has 360 valence electrons. The quantitative estimate of drug-likeness (QED) is 0.0687. The molecule has 73 heavy (non-hydrogen) atoms. The highest BCUT2D eigenvalue weighted by Gasteiger charge is 2.23. The molecule has 1 aliphatic carbocycles. The van der Waals surface area contributed by atoms with Gasteiger partial charge in [-0.1, -0.05) is 198 Å². The first-order valence-corrected chi connectivity index (χ1v) is 25.3. The standard InChI is InChI=1S/C66H57N5.C2H6/c1-7-12-23-46(10-4)64(49-34-32-48(33-35-49)55-30-21-24-45(9-3)54(55)22-8-2)69-66(67)71-62-41-38-50(43-58(62)63-44(6)42-59(53(11-5)65(63)71)68-51-25-15-13-16-26-51)47-36-39-57-56-29-19-20-31-60(56)70(61(57)40-37-47)52-27-17-14-18-28-52;1-2/h7-9,11-38,40-43,68H,1,3,5,10,39H2,2,4,6H3,(H2,67,69);1-2H3/b22-8-,23-12-,64-46+;. The lowest BCUT2D eigenvalue weighted by molar-refractivity contribution is 1.09. The first-order chi connectivity index (χ1) is 35.8. The van der Waals surface area contributed by atoms with Crippen molar-refractivity contribution in [2.75, 3.05) is 5.32 Å². The van der Waals surface area contributed by atoms with Crippen LogP contribution in [-0.2, 0) is 6.42 Å². The first-order valence-electron chi connectivity index (χ1n) is 25.3. The van der Waals surface area contributed by atoms with Gasteiger partial charge in [0.05, 0.1) is 27.9 Å². The molecule has 5 heteroatoms. The molecule has 3 N–H and O–H groups in total. The third kappa shape index (κ3) is 9.41. The molecule has 0 aliphatic heterocycles. The molecule has 0 bridgehead atoms. The van der Waals surface area contributed by atoms with Gasteiger partial charge in [0, 0.05) is 44.3 Å². The molecule has 0 atom stereocenters. The fourth-order valence-electron chi connectivity index (χ4n) is 10.3. The largest absolute Gasteiger partial charge is 0.369 e. The zero-order valence-corrected chi connectivity index (χ0v) is 42.7. The smallest absolute Gasteiger partial charge is 0.205 e. The van der Waals surface area contributed by atoms with Crippen molar-refractivity contribution in [2.24, 2.45) is 10.7 Å². The molecule has 1 aliphatic rings. The Bertz CT molecular complexity index is 3730. The van der Waals surface area contributed by atoms with Gasteiger partial charge in [0.25, 0.3) is 0 Å². The Balaban J connectivity index is 0.00000324. The van der Waals surface area contributed by atoms with Crippen molar-refractivity contribution >= 4 is 85.6 Å². The summed E-state index contributed by atoms with van der Waals surface area (Å²) in [5.41, 5.74) is 27.7. The SMILES string of the molecule is C=C/C=C\C(CC)=C(\N=C(N)n1c2ccc(C3=CCc4c(n(-c5ccccc5)c5ccccc45)C=C3)cc2c2c(C)cc(Nc3ccccc3)c(C=C)c21)c1ccc(-c2cccc(C=C)c2/C=C\C)cc1.CC. The van der Waals surface area contributed by atoms with Gasteiger partial charge in [-0.15, -0.1) is 0 Å². The summed E-state index contributed by atoms with van der Waals surface area (Å²) >= 11 is 0. The van der Waals surface area contributed by atoms with Crippen molar-refractivity contribution in [2.45, 2.75) is 47.5 Å². The molecular weight excluding hydrogens is 887 g/mol. The number of nitrogens with one attached hydrogen (secondary N) is 1. The van der Waals surface area contributed by atoms with Crippen molar-refractivity contribution in [3.63, 3.8) is 0 Å². The van der Waals surface area contributed by atoms with E-state index in [2.05, 4.69) is 218 Å². The van der Waals surface area contributed by atoms with Crippen molar-refractivity contribution in [3.05, 3.63) is 258 Å². The van der Waals surface area contributed by atoms with E-state index in [1.807, 2.05) is 57.2 Å². The summed E-state index contributed by atoms with van der Waals surface area (Å²) in [5, 5.41) is 7.14. The summed E-state index contributed by atoms with van der Waals surface area (Å²) in [6.07, 6.45) is 22.3. The van der Waals surface area contributed by atoms with Gasteiger partial charge < -0.3 is 15.6 Å². The second kappa shape index (κ2) is 22.0. The van der Waals surface area contributed by atoms with Gasteiger partial charge >= 0.3 is 0 Å². The fourth-order valence-corrected chi connectivity index (χ4v) is 10.3. The third-order valence-corrected chi connectivity index (χ3v) is 13.6. The van der Waals surface area contributed by atoms with Crippen LogP contribution in [0.1, 0.15) is 78.8 Å². The number of fused-ring (bicyclic) bond motifs is 6. The van der Waals surface area contributed by atoms with Crippen molar-refractivity contribution in [1.82, 2.24) is 9.13 Å². The van der Waals surface area contributed by atoms with E-state index in [1.165, 1.54) is 22.2 Å². The number of hydrogen-bond donors (Lipinski definition) is 2. The number of aromatic nitrogens is 2. The number of benzene rings is 7. The summed E-state index contributed by atoms with van der Waals surface area (Å²) in [6.45, 7) is 22.8. The van der Waals surface area contributed by atoms with Gasteiger partial charge in [-0.05, 0) is 131 Å². The molecule has 2 heterocycles. The minimum absolute atomic E-state index is 0.345. The van der Waals surface area contributed by atoms with Gasteiger partial charge in [-0.2, -0.15) is 0 Å². The van der Waals surface area contributed by atoms with Crippen LogP contribution in [-0.4, -0.2) is 15.1 Å². The number of aryl methyl sites for hydroxylation is 1. The van der Waals surface area contributed by atoms with Crippen LogP contribution in [0.25, 0.3) is 85.1 Å². The summed E-state index contributed by atoms with van der Waals surface area (Å²) in [6, 6.07) is 53.5. The average molecular weight is 950 g/mol. The summed E-state index contributed by atoms with van der Waals surface area (Å²) in [4.78, 5) is 5.46. The number of aliphatic imine (C=N–C) groups is 1. The molecule has 2 aromatic heterocycles. The van der Waals surface area contributed by atoms with E-state index in [1.54, 1.807) is 6.08 Å². The maximum atomic E-state index is 7.50. The maximum Gasteiger partial charge on any atom is 0.205 e. The highest BCUT2D eigenvalue weighted by molar-refractivity contribution is 6.19. The van der Waals surface area contributed by atoms with Crippen LogP contribution in [0.5, 0.6) is 0 Å². The van der Waals surface area contributed by atoms with Crippen LogP contribution in [0.4, 0.5) is 11.4 Å². The van der Waals surface area contributed by atoms with Crippen LogP contribution in [0.2, 0.25) is 0 Å². The Morgan fingerprint density at radius 2 is 1.47 bits per heavy atom. The third-order valence-electron chi connectivity index (χ3n) is 13.6. The van der Waals surface area contributed by atoms with Crippen molar-refractivity contribution in [1.29, 1.82) is 0 Å². The minimum atomic E-state index is 0.345. The number of rotatable bonds is 13. The van der Waals surface area contributed by atoms with Crippen molar-refractivity contribution in [3.8, 4) is 16.8 Å². The molecule has 0 unspecified atom stereocenters. The average Bonchev–Trinajstić information content (AvgIpc) is 3.85. The zero-order chi connectivity index (χ0) is 51.0. The van der Waals surface area contributed by atoms with Crippen LogP contribution in [0.15, 0.2) is 218 Å². The van der Waals surface area contributed by atoms with Crippen LogP contribution < -0.4 is 11.1 Å². The number of nitrogens with two attached hydrogens (primary N) is 1. The van der Waals surface area contributed by atoms with E-state index in [9.17, 15) is 0 Å². The topological polar surface area (TPSA) is 60.3 Å². The lowest BCUT2D eigenvalue weighted by Gasteiger charge is -2.16. The van der Waals surface area contributed by atoms with E-state index in [0.29, 0.717) is 5.96 Å². The van der Waals surface area contributed by atoms with E-state index in [4.69, 9.17) is 10.7 Å². The molecule has 0 spiro atoms.